The van der Waals surface area contributed by atoms with Crippen molar-refractivity contribution in [1.29, 1.82) is 0 Å². The lowest BCUT2D eigenvalue weighted by atomic mass is 9.92. The number of aryl methyl sites for hydroxylation is 1. The molecule has 11 heteroatoms. The van der Waals surface area contributed by atoms with Crippen molar-refractivity contribution in [2.75, 3.05) is 36.9 Å². The molecule has 2 atom stereocenters. The average Bonchev–Trinajstić information content (AvgIpc) is 3.30. The lowest BCUT2D eigenvalue weighted by molar-refractivity contribution is -0.118. The Bertz CT molecular complexity index is 2570. The number of aliphatic hydroxyl groups excluding tert-OH is 1. The number of rotatable bonds is 17. The maximum atomic E-state index is 13.3. The number of fused-ring (bicyclic) bond motifs is 1. The molecule has 1 aliphatic heterocycles. The number of ketones is 1. The number of nitrogens with one attached hydrogen (secondary N) is 2. The first-order valence-corrected chi connectivity index (χ1v) is 21.9. The van der Waals surface area contributed by atoms with Crippen molar-refractivity contribution in [1.82, 2.24) is 9.88 Å². The highest BCUT2D eigenvalue weighted by molar-refractivity contribution is 5.99. The second-order valence-electron chi connectivity index (χ2n) is 16.7. The number of phenols is 1. The lowest BCUT2D eigenvalue weighted by Gasteiger charge is -2.31. The van der Waals surface area contributed by atoms with Gasteiger partial charge in [-0.15, -0.1) is 0 Å². The van der Waals surface area contributed by atoms with Crippen molar-refractivity contribution < 1.29 is 29.3 Å². The van der Waals surface area contributed by atoms with Gasteiger partial charge in [0, 0.05) is 67.8 Å². The van der Waals surface area contributed by atoms with E-state index in [2.05, 4.69) is 46.4 Å². The number of likely N-dealkylation sites (tertiary alicyclic amines) is 1. The zero-order valence-electron chi connectivity index (χ0n) is 36.0. The maximum Gasteiger partial charge on any atom is 0.411 e. The number of H-pyrrole nitrogens is 1. The SMILES string of the molecule is C.C[C@@H](CC[C@H](O)c1ccc(O)c2[nH]c(=O)ccc12)Cc1ccc(CCC(=O)c2cccc(N(C)C(=O)CCN3CCC(OC(=O)Nc4ccccc4-c4ccccc4)CC3)c2)cc1. The van der Waals surface area contributed by atoms with E-state index >= 15 is 0 Å². The smallest absolute Gasteiger partial charge is 0.411 e. The highest BCUT2D eigenvalue weighted by Crippen LogP contribution is 2.32. The van der Waals surface area contributed by atoms with Gasteiger partial charge in [-0.1, -0.05) is 105 Å². The molecule has 4 N–H and O–H groups in total. The van der Waals surface area contributed by atoms with Gasteiger partial charge in [0.2, 0.25) is 11.5 Å². The number of aromatic nitrogens is 1. The van der Waals surface area contributed by atoms with Gasteiger partial charge in [-0.25, -0.2) is 4.79 Å². The predicted molar refractivity (Wildman–Crippen MR) is 255 cm³/mol. The van der Waals surface area contributed by atoms with Gasteiger partial charge >= 0.3 is 6.09 Å². The molecule has 0 radical (unpaired) electrons. The van der Waals surface area contributed by atoms with E-state index in [0.29, 0.717) is 84.4 Å². The number of carbonyl (C=O) groups excluding carboxylic acids is 3. The van der Waals surface area contributed by atoms with Gasteiger partial charge in [-0.05, 0) is 97.0 Å². The van der Waals surface area contributed by atoms with E-state index in [1.807, 2.05) is 66.7 Å². The molecule has 0 spiro atoms. The molecule has 0 saturated carbocycles. The first kappa shape index (κ1) is 46.9. The molecule has 2 heterocycles. The summed E-state index contributed by atoms with van der Waals surface area (Å²) in [6.07, 6.45) is 3.40. The Morgan fingerprint density at radius 2 is 1.56 bits per heavy atom. The fourth-order valence-electron chi connectivity index (χ4n) is 8.35. The van der Waals surface area contributed by atoms with E-state index in [9.17, 15) is 29.4 Å². The van der Waals surface area contributed by atoms with Crippen molar-refractivity contribution in [2.24, 2.45) is 5.92 Å². The standard InChI is InChI=1S/C52H56N4O7.CH4/c1-35(15-23-47(58)43-21-25-48(59)51-44(43)22-26-49(60)54-51)33-37-18-16-36(17-19-37)20-24-46(57)39-11-8-12-40(34-39)55(2)50(61)29-32-56-30-27-41(28-31-56)63-52(62)53-45-14-7-6-13-42(45)38-9-4-3-5-10-38;/h3-14,16-19,21-22,25-26,34-35,41,47,58-59H,15,20,23-24,27-33H2,1-2H3,(H,53,62)(H,54,60);1H4/t35-,47-;/m0./s1. The molecule has 1 aromatic heterocycles. The number of pyridine rings is 1. The second kappa shape index (κ2) is 22.2. The third kappa shape index (κ3) is 12.3. The van der Waals surface area contributed by atoms with Crippen molar-refractivity contribution in [2.45, 2.75) is 77.9 Å². The van der Waals surface area contributed by atoms with Crippen LogP contribution in [-0.2, 0) is 22.4 Å². The topological polar surface area (TPSA) is 152 Å². The fraction of sp³-hybridized carbons (Fsp3) is 0.321. The zero-order chi connectivity index (χ0) is 44.3. The molecule has 1 saturated heterocycles. The third-order valence-electron chi connectivity index (χ3n) is 12.1. The van der Waals surface area contributed by atoms with E-state index in [0.717, 1.165) is 42.6 Å². The zero-order valence-corrected chi connectivity index (χ0v) is 36.0. The maximum absolute atomic E-state index is 13.3. The van der Waals surface area contributed by atoms with E-state index in [1.165, 1.54) is 17.7 Å². The van der Waals surface area contributed by atoms with Crippen molar-refractivity contribution in [3.8, 4) is 16.9 Å². The minimum absolute atomic E-state index is 0. The highest BCUT2D eigenvalue weighted by Gasteiger charge is 2.24. The van der Waals surface area contributed by atoms with Crippen LogP contribution in [0.5, 0.6) is 5.75 Å². The second-order valence-corrected chi connectivity index (χ2v) is 16.7. The number of amides is 2. The van der Waals surface area contributed by atoms with Crippen LogP contribution in [0.25, 0.3) is 22.0 Å². The van der Waals surface area contributed by atoms with E-state index < -0.39 is 12.2 Å². The third-order valence-corrected chi connectivity index (χ3v) is 12.1. The Morgan fingerprint density at radius 3 is 2.33 bits per heavy atom. The van der Waals surface area contributed by atoms with Gasteiger partial charge in [0.05, 0.1) is 17.3 Å². The van der Waals surface area contributed by atoms with Gasteiger partial charge in [-0.3, -0.25) is 19.7 Å². The number of carbonyl (C=O) groups is 3. The Morgan fingerprint density at radius 1 is 0.844 bits per heavy atom. The number of hydrogen-bond acceptors (Lipinski definition) is 8. The molecule has 11 nitrogen and oxygen atoms in total. The molecule has 6 aromatic rings. The van der Waals surface area contributed by atoms with E-state index in [1.54, 1.807) is 36.2 Å². The molecule has 0 bridgehead atoms. The average molecular weight is 865 g/mol. The van der Waals surface area contributed by atoms with E-state index in [-0.39, 0.29) is 36.5 Å². The molecule has 0 aliphatic carbocycles. The minimum atomic E-state index is -0.733. The molecule has 2 amide bonds. The number of Topliss-reactive ketones (excluding diaryl/α,β-unsaturated/α-hetero) is 1. The summed E-state index contributed by atoms with van der Waals surface area (Å²) in [5.41, 5.74) is 6.83. The van der Waals surface area contributed by atoms with Crippen LogP contribution < -0.4 is 15.8 Å². The van der Waals surface area contributed by atoms with Crippen LogP contribution in [-0.4, -0.2) is 70.7 Å². The molecule has 5 aromatic carbocycles. The summed E-state index contributed by atoms with van der Waals surface area (Å²) in [7, 11) is 1.74. The van der Waals surface area contributed by atoms with Crippen LogP contribution in [0, 0.1) is 5.92 Å². The molecule has 0 unspecified atom stereocenters. The summed E-state index contributed by atoms with van der Waals surface area (Å²) in [6.45, 7) is 4.19. The van der Waals surface area contributed by atoms with Crippen molar-refractivity contribution in [3.63, 3.8) is 0 Å². The van der Waals surface area contributed by atoms with Gasteiger partial charge < -0.3 is 29.7 Å². The minimum Gasteiger partial charge on any atom is -0.506 e. The molecular weight excluding hydrogens is 805 g/mol. The van der Waals surface area contributed by atoms with Crippen LogP contribution in [0.15, 0.2) is 132 Å². The summed E-state index contributed by atoms with van der Waals surface area (Å²) in [5, 5.41) is 24.7. The van der Waals surface area contributed by atoms with Crippen LogP contribution in [0.3, 0.4) is 0 Å². The van der Waals surface area contributed by atoms with Gasteiger partial charge in [-0.2, -0.15) is 0 Å². The van der Waals surface area contributed by atoms with Crippen molar-refractivity contribution >= 4 is 40.1 Å². The first-order valence-electron chi connectivity index (χ1n) is 21.9. The molecule has 1 aliphatic rings. The molecular formula is C53H60N4O7. The number of hydrogen-bond donors (Lipinski definition) is 4. The molecule has 1 fully saturated rings. The van der Waals surface area contributed by atoms with Gasteiger partial charge in [0.1, 0.15) is 11.9 Å². The Balaban J connectivity index is 0.00000680. The van der Waals surface area contributed by atoms with Gasteiger partial charge in [0.25, 0.3) is 0 Å². The largest absolute Gasteiger partial charge is 0.506 e. The van der Waals surface area contributed by atoms with Crippen LogP contribution >= 0.6 is 0 Å². The van der Waals surface area contributed by atoms with Crippen molar-refractivity contribution in [3.05, 3.63) is 160 Å². The summed E-state index contributed by atoms with van der Waals surface area (Å²) >= 11 is 0. The van der Waals surface area contributed by atoms with Crippen LogP contribution in [0.2, 0.25) is 0 Å². The summed E-state index contributed by atoms with van der Waals surface area (Å²) in [4.78, 5) is 57.7. The normalized spacial score (nSPS) is 14.0. The summed E-state index contributed by atoms with van der Waals surface area (Å²) < 4.78 is 5.79. The molecule has 334 valence electrons. The highest BCUT2D eigenvalue weighted by atomic mass is 16.6. The Hall–Kier alpha value is -6.56. The Labute approximate surface area is 375 Å². The van der Waals surface area contributed by atoms with Crippen LogP contribution in [0.4, 0.5) is 16.2 Å². The molecule has 64 heavy (non-hydrogen) atoms. The predicted octanol–water partition coefficient (Wildman–Crippen LogP) is 10.1. The number of aromatic amines is 1. The number of anilines is 2. The lowest BCUT2D eigenvalue weighted by Crippen LogP contribution is -2.40. The first-order chi connectivity index (χ1) is 30.5. The number of nitrogens with zero attached hydrogens (tertiary/aromatic N) is 2. The number of aliphatic hydroxyl groups is 1. The van der Waals surface area contributed by atoms with Gasteiger partial charge in [0.15, 0.2) is 5.78 Å². The number of para-hydroxylation sites is 1. The number of aromatic hydroxyl groups is 1. The molecule has 7 rings (SSSR count). The number of piperidine rings is 1. The summed E-state index contributed by atoms with van der Waals surface area (Å²) in [5.74, 6) is 0.258. The van der Waals surface area contributed by atoms with E-state index in [4.69, 9.17) is 4.74 Å². The number of benzene rings is 5. The monoisotopic (exact) mass is 864 g/mol. The summed E-state index contributed by atoms with van der Waals surface area (Å²) in [6, 6.07) is 39.4. The quantitative estimate of drug-likeness (QED) is 0.0662. The fourth-order valence-corrected chi connectivity index (χ4v) is 8.35. The number of ether oxygens (including phenoxy) is 1. The van der Waals surface area contributed by atoms with Crippen LogP contribution in [0.1, 0.15) is 86.0 Å². The Kier molecular flexibility index (Phi) is 16.3. The number of phenolic OH excluding ortho intramolecular Hbond substituents is 1.